The van der Waals surface area contributed by atoms with E-state index in [1.807, 2.05) is 0 Å². The predicted octanol–water partition coefficient (Wildman–Crippen LogP) is 7.51. The van der Waals surface area contributed by atoms with Crippen LogP contribution in [0.3, 0.4) is 0 Å². The van der Waals surface area contributed by atoms with E-state index in [9.17, 15) is 0 Å². The fourth-order valence-electron chi connectivity index (χ4n) is 3.99. The first-order valence-electron chi connectivity index (χ1n) is 9.86. The standard InChI is InChI=1S/C20H40/c1-3-5-7-10-14-19(15-11-8-6-4-2)18-20-16-12-9-13-17-20/h19-20H,3-18H2,1-2H3. The van der Waals surface area contributed by atoms with Gasteiger partial charge < -0.3 is 0 Å². The van der Waals surface area contributed by atoms with E-state index in [4.69, 9.17) is 0 Å². The summed E-state index contributed by atoms with van der Waals surface area (Å²) >= 11 is 0. The molecule has 0 aromatic heterocycles. The second kappa shape index (κ2) is 12.7. The van der Waals surface area contributed by atoms with Crippen molar-refractivity contribution in [2.45, 2.75) is 117 Å². The van der Waals surface area contributed by atoms with Gasteiger partial charge in [0.1, 0.15) is 0 Å². The molecule has 20 heavy (non-hydrogen) atoms. The van der Waals surface area contributed by atoms with Crippen molar-refractivity contribution in [3.8, 4) is 0 Å². The summed E-state index contributed by atoms with van der Waals surface area (Å²) in [5.74, 6) is 2.15. The lowest BCUT2D eigenvalue weighted by Gasteiger charge is -2.26. The van der Waals surface area contributed by atoms with Crippen LogP contribution >= 0.6 is 0 Å². The zero-order chi connectivity index (χ0) is 14.5. The van der Waals surface area contributed by atoms with E-state index in [2.05, 4.69) is 13.8 Å². The van der Waals surface area contributed by atoms with Crippen LogP contribution in [-0.2, 0) is 0 Å². The smallest absolute Gasteiger partial charge is 0.0412 e. The van der Waals surface area contributed by atoms with E-state index in [0.717, 1.165) is 11.8 Å². The first-order chi connectivity index (χ1) is 9.86. The van der Waals surface area contributed by atoms with Gasteiger partial charge in [0.05, 0.1) is 0 Å². The maximum atomic E-state index is 2.32. The zero-order valence-corrected chi connectivity index (χ0v) is 14.5. The Morgan fingerprint density at radius 3 is 1.75 bits per heavy atom. The first kappa shape index (κ1) is 18.1. The van der Waals surface area contributed by atoms with E-state index in [1.54, 1.807) is 19.3 Å². The molecule has 0 nitrogen and oxygen atoms in total. The molecule has 120 valence electrons. The van der Waals surface area contributed by atoms with Crippen LogP contribution in [0.25, 0.3) is 0 Å². The SMILES string of the molecule is CCCCCCC(CCCCCC)CC1CCCCC1. The molecule has 1 fully saturated rings. The van der Waals surface area contributed by atoms with Crippen molar-refractivity contribution in [1.29, 1.82) is 0 Å². The molecular weight excluding hydrogens is 240 g/mol. The fourth-order valence-corrected chi connectivity index (χ4v) is 3.99. The van der Waals surface area contributed by atoms with Crippen molar-refractivity contribution in [1.82, 2.24) is 0 Å². The fraction of sp³-hybridized carbons (Fsp3) is 1.00. The Hall–Kier alpha value is 0. The quantitative estimate of drug-likeness (QED) is 0.324. The third-order valence-electron chi connectivity index (χ3n) is 5.32. The average Bonchev–Trinajstić information content (AvgIpc) is 2.49. The van der Waals surface area contributed by atoms with Crippen LogP contribution in [0.5, 0.6) is 0 Å². The molecule has 0 spiro atoms. The molecule has 0 amide bonds. The summed E-state index contributed by atoms with van der Waals surface area (Å²) < 4.78 is 0. The van der Waals surface area contributed by atoms with E-state index >= 15 is 0 Å². The summed E-state index contributed by atoms with van der Waals surface area (Å²) in [4.78, 5) is 0. The van der Waals surface area contributed by atoms with Crippen LogP contribution < -0.4 is 0 Å². The number of unbranched alkanes of at least 4 members (excludes halogenated alkanes) is 6. The third kappa shape index (κ3) is 9.03. The lowest BCUT2D eigenvalue weighted by Crippen LogP contribution is -2.12. The summed E-state index contributed by atoms with van der Waals surface area (Å²) in [5, 5.41) is 0. The lowest BCUT2D eigenvalue weighted by molar-refractivity contribution is 0.261. The minimum Gasteiger partial charge on any atom is -0.0654 e. The van der Waals surface area contributed by atoms with Gasteiger partial charge >= 0.3 is 0 Å². The molecule has 0 heterocycles. The van der Waals surface area contributed by atoms with Crippen molar-refractivity contribution >= 4 is 0 Å². The highest BCUT2D eigenvalue weighted by molar-refractivity contribution is 4.71. The first-order valence-corrected chi connectivity index (χ1v) is 9.86. The largest absolute Gasteiger partial charge is 0.0654 e. The molecular formula is C20H40. The van der Waals surface area contributed by atoms with Gasteiger partial charge in [-0.1, -0.05) is 110 Å². The highest BCUT2D eigenvalue weighted by Gasteiger charge is 2.18. The van der Waals surface area contributed by atoms with Gasteiger partial charge in [-0.05, 0) is 18.3 Å². The van der Waals surface area contributed by atoms with E-state index in [0.29, 0.717) is 0 Å². The minimum atomic E-state index is 1.06. The summed E-state index contributed by atoms with van der Waals surface area (Å²) in [5.41, 5.74) is 0. The predicted molar refractivity (Wildman–Crippen MR) is 92.2 cm³/mol. The van der Waals surface area contributed by atoms with Crippen LogP contribution in [0.2, 0.25) is 0 Å². The van der Waals surface area contributed by atoms with Crippen LogP contribution in [0, 0.1) is 11.8 Å². The topological polar surface area (TPSA) is 0 Å². The maximum absolute atomic E-state index is 2.32. The summed E-state index contributed by atoms with van der Waals surface area (Å²) in [6.45, 7) is 4.65. The molecule has 0 atom stereocenters. The average molecular weight is 281 g/mol. The van der Waals surface area contributed by atoms with Gasteiger partial charge in [0.2, 0.25) is 0 Å². The van der Waals surface area contributed by atoms with E-state index < -0.39 is 0 Å². The Balaban J connectivity index is 2.21. The van der Waals surface area contributed by atoms with Crippen molar-refractivity contribution in [3.05, 3.63) is 0 Å². The van der Waals surface area contributed by atoms with Gasteiger partial charge in [-0.15, -0.1) is 0 Å². The molecule has 0 aromatic carbocycles. The summed E-state index contributed by atoms with van der Waals surface area (Å²) in [6.07, 6.45) is 23.9. The lowest BCUT2D eigenvalue weighted by atomic mass is 9.79. The Kier molecular flexibility index (Phi) is 11.5. The number of hydrogen-bond donors (Lipinski definition) is 0. The Bertz CT molecular complexity index is 178. The van der Waals surface area contributed by atoms with E-state index in [1.165, 1.54) is 83.5 Å². The molecule has 0 aromatic rings. The van der Waals surface area contributed by atoms with Crippen LogP contribution in [0.15, 0.2) is 0 Å². The number of hydrogen-bond acceptors (Lipinski definition) is 0. The molecule has 0 saturated heterocycles. The molecule has 0 N–H and O–H groups in total. The van der Waals surface area contributed by atoms with Gasteiger partial charge in [-0.3, -0.25) is 0 Å². The molecule has 1 aliphatic carbocycles. The van der Waals surface area contributed by atoms with Gasteiger partial charge in [-0.2, -0.15) is 0 Å². The Morgan fingerprint density at radius 2 is 1.25 bits per heavy atom. The van der Waals surface area contributed by atoms with Crippen LogP contribution in [0.4, 0.5) is 0 Å². The van der Waals surface area contributed by atoms with Gasteiger partial charge in [0.15, 0.2) is 0 Å². The molecule has 1 saturated carbocycles. The third-order valence-corrected chi connectivity index (χ3v) is 5.32. The summed E-state index contributed by atoms with van der Waals surface area (Å²) in [6, 6.07) is 0. The second-order valence-corrected chi connectivity index (χ2v) is 7.30. The van der Waals surface area contributed by atoms with Crippen LogP contribution in [0.1, 0.15) is 117 Å². The molecule has 0 radical (unpaired) electrons. The Labute approximate surface area is 129 Å². The van der Waals surface area contributed by atoms with Crippen molar-refractivity contribution in [3.63, 3.8) is 0 Å². The molecule has 0 unspecified atom stereocenters. The maximum Gasteiger partial charge on any atom is -0.0412 e. The van der Waals surface area contributed by atoms with Crippen LogP contribution in [-0.4, -0.2) is 0 Å². The molecule has 0 heteroatoms. The zero-order valence-electron chi connectivity index (χ0n) is 14.5. The molecule has 0 bridgehead atoms. The van der Waals surface area contributed by atoms with Gasteiger partial charge in [-0.25, -0.2) is 0 Å². The number of rotatable bonds is 12. The van der Waals surface area contributed by atoms with Gasteiger partial charge in [0, 0.05) is 0 Å². The van der Waals surface area contributed by atoms with Gasteiger partial charge in [0.25, 0.3) is 0 Å². The normalized spacial score (nSPS) is 16.9. The van der Waals surface area contributed by atoms with Crippen molar-refractivity contribution in [2.24, 2.45) is 11.8 Å². The molecule has 1 rings (SSSR count). The van der Waals surface area contributed by atoms with E-state index in [-0.39, 0.29) is 0 Å². The molecule has 0 aliphatic heterocycles. The Morgan fingerprint density at radius 1 is 0.700 bits per heavy atom. The monoisotopic (exact) mass is 280 g/mol. The van der Waals surface area contributed by atoms with Crippen molar-refractivity contribution in [2.75, 3.05) is 0 Å². The molecule has 1 aliphatic rings. The van der Waals surface area contributed by atoms with Crippen molar-refractivity contribution < 1.29 is 0 Å². The summed E-state index contributed by atoms with van der Waals surface area (Å²) in [7, 11) is 0. The highest BCUT2D eigenvalue weighted by atomic mass is 14.2. The second-order valence-electron chi connectivity index (χ2n) is 7.30. The highest BCUT2D eigenvalue weighted by Crippen LogP contribution is 2.33. The minimum absolute atomic E-state index is 1.06.